The van der Waals surface area contributed by atoms with Crippen molar-refractivity contribution in [2.75, 3.05) is 0 Å². The van der Waals surface area contributed by atoms with Crippen molar-refractivity contribution in [1.29, 1.82) is 0 Å². The highest BCUT2D eigenvalue weighted by Gasteiger charge is 2.31. The Morgan fingerprint density at radius 1 is 1.33 bits per heavy atom. The molecule has 2 aliphatic rings. The summed E-state index contributed by atoms with van der Waals surface area (Å²) in [6.07, 6.45) is 8.77. The van der Waals surface area contributed by atoms with Crippen LogP contribution >= 0.6 is 0 Å². The van der Waals surface area contributed by atoms with Crippen molar-refractivity contribution in [3.8, 4) is 0 Å². The van der Waals surface area contributed by atoms with Gasteiger partial charge in [-0.1, -0.05) is 12.1 Å². The quantitative estimate of drug-likeness (QED) is 0.467. The van der Waals surface area contributed by atoms with Crippen LogP contribution in [-0.4, -0.2) is 12.3 Å². The van der Waals surface area contributed by atoms with Crippen LogP contribution in [0.5, 0.6) is 0 Å². The van der Waals surface area contributed by atoms with E-state index in [1.807, 2.05) is 6.21 Å². The third kappa shape index (κ3) is 1.99. The van der Waals surface area contributed by atoms with Crippen molar-refractivity contribution in [1.82, 2.24) is 0 Å². The summed E-state index contributed by atoms with van der Waals surface area (Å²) in [6.45, 7) is 2.26. The number of hydrogen-bond donors (Lipinski definition) is 0. The number of nitrogens with zero attached hydrogens (tertiary/aromatic N) is 1. The van der Waals surface area contributed by atoms with Gasteiger partial charge in [0, 0.05) is 12.1 Å². The summed E-state index contributed by atoms with van der Waals surface area (Å²) >= 11 is 0. The molecule has 2 fully saturated rings. The van der Waals surface area contributed by atoms with Crippen LogP contribution in [0.2, 0.25) is 0 Å². The smallest absolute Gasteiger partial charge is 0.127 e. The molecule has 68 valence electrons. The Labute approximate surface area is 74.0 Å². The van der Waals surface area contributed by atoms with E-state index in [0.717, 1.165) is 5.92 Å². The molecule has 2 atom stereocenters. The van der Waals surface area contributed by atoms with Crippen LogP contribution in [0.15, 0.2) is 5.16 Å². The summed E-state index contributed by atoms with van der Waals surface area (Å²) in [4.78, 5) is 5.37. The molecule has 0 aliphatic heterocycles. The van der Waals surface area contributed by atoms with Crippen LogP contribution in [0.25, 0.3) is 0 Å². The summed E-state index contributed by atoms with van der Waals surface area (Å²) in [5.41, 5.74) is 0. The van der Waals surface area contributed by atoms with Gasteiger partial charge in [0.25, 0.3) is 0 Å². The highest BCUT2D eigenvalue weighted by Crippen LogP contribution is 2.35. The Balaban J connectivity index is 1.63. The van der Waals surface area contributed by atoms with Gasteiger partial charge < -0.3 is 4.84 Å². The van der Waals surface area contributed by atoms with Gasteiger partial charge in [-0.15, -0.1) is 0 Å². The molecule has 0 amide bonds. The molecule has 0 heterocycles. The highest BCUT2D eigenvalue weighted by molar-refractivity contribution is 5.63. The lowest BCUT2D eigenvalue weighted by Crippen LogP contribution is -2.02. The first-order valence-electron chi connectivity index (χ1n) is 5.05. The van der Waals surface area contributed by atoms with Crippen molar-refractivity contribution in [3.63, 3.8) is 0 Å². The van der Waals surface area contributed by atoms with E-state index in [0.29, 0.717) is 12.0 Å². The molecule has 0 aromatic rings. The van der Waals surface area contributed by atoms with Gasteiger partial charge in [-0.05, 0) is 38.0 Å². The molecule has 2 nitrogen and oxygen atoms in total. The van der Waals surface area contributed by atoms with Crippen molar-refractivity contribution in [2.45, 2.75) is 45.1 Å². The van der Waals surface area contributed by atoms with Gasteiger partial charge in [0.05, 0.1) is 0 Å². The van der Waals surface area contributed by atoms with Crippen LogP contribution in [-0.2, 0) is 4.84 Å². The summed E-state index contributed by atoms with van der Waals surface area (Å²) in [5.74, 6) is 1.56. The molecule has 0 radical (unpaired) electrons. The summed E-state index contributed by atoms with van der Waals surface area (Å²) in [6, 6.07) is 0. The molecule has 2 saturated carbocycles. The molecule has 2 aliphatic carbocycles. The lowest BCUT2D eigenvalue weighted by molar-refractivity contribution is 0.0650. The number of hydrogen-bond acceptors (Lipinski definition) is 2. The maximum Gasteiger partial charge on any atom is 0.127 e. The van der Waals surface area contributed by atoms with E-state index in [1.165, 1.54) is 32.1 Å². The topological polar surface area (TPSA) is 21.6 Å². The van der Waals surface area contributed by atoms with Crippen LogP contribution in [0, 0.1) is 11.8 Å². The first-order valence-corrected chi connectivity index (χ1v) is 5.05. The number of rotatable bonds is 3. The minimum Gasteiger partial charge on any atom is -0.393 e. The van der Waals surface area contributed by atoms with E-state index in [9.17, 15) is 0 Å². The monoisotopic (exact) mass is 167 g/mol. The van der Waals surface area contributed by atoms with Crippen LogP contribution in [0.4, 0.5) is 0 Å². The van der Waals surface area contributed by atoms with Gasteiger partial charge in [0.15, 0.2) is 0 Å². The zero-order valence-electron chi connectivity index (χ0n) is 7.70. The Morgan fingerprint density at radius 3 is 2.58 bits per heavy atom. The summed E-state index contributed by atoms with van der Waals surface area (Å²) < 4.78 is 0. The second-order valence-electron chi connectivity index (χ2n) is 4.14. The van der Waals surface area contributed by atoms with Gasteiger partial charge in [-0.3, -0.25) is 0 Å². The lowest BCUT2D eigenvalue weighted by Gasteiger charge is -2.04. The zero-order chi connectivity index (χ0) is 8.39. The SMILES string of the molecule is CC1CC1/C=N/OC1CCCC1. The molecule has 0 aromatic carbocycles. The van der Waals surface area contributed by atoms with E-state index < -0.39 is 0 Å². The van der Waals surface area contributed by atoms with E-state index in [-0.39, 0.29) is 0 Å². The van der Waals surface area contributed by atoms with E-state index in [2.05, 4.69) is 12.1 Å². The van der Waals surface area contributed by atoms with Gasteiger partial charge >= 0.3 is 0 Å². The Hall–Kier alpha value is -0.530. The molecular formula is C10H17NO. The number of oxime groups is 1. The maximum absolute atomic E-state index is 5.37. The fourth-order valence-corrected chi connectivity index (χ4v) is 1.75. The van der Waals surface area contributed by atoms with Crippen molar-refractivity contribution < 1.29 is 4.84 Å². The molecule has 2 unspecified atom stereocenters. The average Bonchev–Trinajstić information content (AvgIpc) is 2.58. The van der Waals surface area contributed by atoms with Gasteiger partial charge in [-0.2, -0.15) is 0 Å². The molecule has 0 saturated heterocycles. The maximum atomic E-state index is 5.37. The summed E-state index contributed by atoms with van der Waals surface area (Å²) in [7, 11) is 0. The minimum absolute atomic E-state index is 0.426. The summed E-state index contributed by atoms with van der Waals surface area (Å²) in [5, 5.41) is 4.04. The third-order valence-electron chi connectivity index (χ3n) is 2.94. The third-order valence-corrected chi connectivity index (χ3v) is 2.94. The van der Waals surface area contributed by atoms with E-state index in [4.69, 9.17) is 4.84 Å². The van der Waals surface area contributed by atoms with Gasteiger partial charge in [0.2, 0.25) is 0 Å². The molecular weight excluding hydrogens is 150 g/mol. The lowest BCUT2D eigenvalue weighted by atomic mass is 10.3. The average molecular weight is 167 g/mol. The fraction of sp³-hybridized carbons (Fsp3) is 0.900. The standard InChI is InChI=1S/C10H17NO/c1-8-6-9(8)7-11-12-10-4-2-3-5-10/h7-10H,2-6H2,1H3/b11-7+. The Kier molecular flexibility index (Phi) is 2.33. The molecule has 0 spiro atoms. The normalized spacial score (nSPS) is 36.1. The van der Waals surface area contributed by atoms with Gasteiger partial charge in [-0.25, -0.2) is 0 Å². The molecule has 0 bridgehead atoms. The predicted molar refractivity (Wildman–Crippen MR) is 49.1 cm³/mol. The first-order chi connectivity index (χ1) is 5.86. The van der Waals surface area contributed by atoms with Crippen LogP contribution in [0.3, 0.4) is 0 Å². The van der Waals surface area contributed by atoms with Crippen LogP contribution in [0.1, 0.15) is 39.0 Å². The highest BCUT2D eigenvalue weighted by atomic mass is 16.6. The Morgan fingerprint density at radius 2 is 2.00 bits per heavy atom. The predicted octanol–water partition coefficient (Wildman–Crippen LogP) is 2.59. The van der Waals surface area contributed by atoms with Gasteiger partial charge in [0.1, 0.15) is 6.10 Å². The molecule has 0 N–H and O–H groups in total. The van der Waals surface area contributed by atoms with E-state index in [1.54, 1.807) is 0 Å². The van der Waals surface area contributed by atoms with E-state index >= 15 is 0 Å². The largest absolute Gasteiger partial charge is 0.393 e. The first kappa shape index (κ1) is 8.09. The second kappa shape index (κ2) is 3.46. The van der Waals surface area contributed by atoms with Crippen molar-refractivity contribution in [2.24, 2.45) is 17.0 Å². The van der Waals surface area contributed by atoms with Crippen molar-refractivity contribution in [3.05, 3.63) is 0 Å². The fourth-order valence-electron chi connectivity index (χ4n) is 1.75. The molecule has 2 heteroatoms. The molecule has 2 rings (SSSR count). The van der Waals surface area contributed by atoms with Crippen molar-refractivity contribution >= 4 is 6.21 Å². The minimum atomic E-state index is 0.426. The zero-order valence-corrected chi connectivity index (χ0v) is 7.70. The Bertz CT molecular complexity index is 173. The molecule has 12 heavy (non-hydrogen) atoms. The second-order valence-corrected chi connectivity index (χ2v) is 4.14. The van der Waals surface area contributed by atoms with Crippen LogP contribution < -0.4 is 0 Å². The molecule has 0 aromatic heterocycles.